The molecule has 0 radical (unpaired) electrons. The molecule has 22 heavy (non-hydrogen) atoms. The van der Waals surface area contributed by atoms with Crippen LogP contribution in [-0.2, 0) is 6.54 Å². The first kappa shape index (κ1) is 16.4. The molecular weight excluding hydrogens is 294 g/mol. The molecule has 5 heteroatoms. The van der Waals surface area contributed by atoms with E-state index in [-0.39, 0.29) is 0 Å². The molecule has 0 aliphatic rings. The number of aryl methyl sites for hydroxylation is 1. The zero-order valence-corrected chi connectivity index (χ0v) is 14.0. The monoisotopic (exact) mass is 317 g/mol. The molecule has 0 saturated heterocycles. The third-order valence-electron chi connectivity index (χ3n) is 3.42. The van der Waals surface area contributed by atoms with Crippen molar-refractivity contribution in [1.29, 1.82) is 0 Å². The Kier molecular flexibility index (Phi) is 6.27. The van der Waals surface area contributed by atoms with E-state index in [0.29, 0.717) is 11.7 Å². The summed E-state index contributed by atoms with van der Waals surface area (Å²) in [6.45, 7) is 7.55. The summed E-state index contributed by atoms with van der Waals surface area (Å²) >= 11 is 5.27. The number of benzene rings is 1. The minimum atomic E-state index is 0.605. The van der Waals surface area contributed by atoms with Gasteiger partial charge in [-0.3, -0.25) is 0 Å². The number of furan rings is 1. The summed E-state index contributed by atoms with van der Waals surface area (Å²) < 4.78 is 5.25. The second-order valence-electron chi connectivity index (χ2n) is 5.11. The van der Waals surface area contributed by atoms with Crippen molar-refractivity contribution in [3.8, 4) is 0 Å². The normalized spacial score (nSPS) is 10.3. The minimum absolute atomic E-state index is 0.605. The van der Waals surface area contributed by atoms with Crippen LogP contribution >= 0.6 is 12.2 Å². The van der Waals surface area contributed by atoms with Gasteiger partial charge in [0.15, 0.2) is 5.11 Å². The summed E-state index contributed by atoms with van der Waals surface area (Å²) in [5, 5.41) is 7.01. The lowest BCUT2D eigenvalue weighted by Crippen LogP contribution is -2.40. The van der Waals surface area contributed by atoms with Crippen molar-refractivity contribution in [3.05, 3.63) is 54.0 Å². The molecule has 0 bridgehead atoms. The quantitative estimate of drug-likeness (QED) is 0.768. The Morgan fingerprint density at radius 2 is 2.09 bits per heavy atom. The lowest BCUT2D eigenvalue weighted by atomic mass is 10.2. The molecule has 4 nitrogen and oxygen atoms in total. The van der Waals surface area contributed by atoms with Crippen LogP contribution < -0.4 is 15.5 Å². The molecule has 2 aromatic rings. The number of rotatable bonds is 7. The third kappa shape index (κ3) is 5.07. The van der Waals surface area contributed by atoms with Crippen molar-refractivity contribution in [3.63, 3.8) is 0 Å². The second-order valence-corrected chi connectivity index (χ2v) is 5.52. The summed E-state index contributed by atoms with van der Waals surface area (Å²) in [4.78, 5) is 2.33. The summed E-state index contributed by atoms with van der Waals surface area (Å²) in [6, 6.07) is 12.3. The van der Waals surface area contributed by atoms with Gasteiger partial charge in [0.2, 0.25) is 0 Å². The van der Waals surface area contributed by atoms with E-state index >= 15 is 0 Å². The van der Waals surface area contributed by atoms with Gasteiger partial charge in [-0.2, -0.15) is 0 Å². The maximum Gasteiger partial charge on any atom is 0.166 e. The lowest BCUT2D eigenvalue weighted by Gasteiger charge is -2.24. The van der Waals surface area contributed by atoms with Crippen LogP contribution in [0.25, 0.3) is 0 Å². The molecule has 1 aromatic heterocycles. The van der Waals surface area contributed by atoms with Crippen LogP contribution in [0.3, 0.4) is 0 Å². The van der Waals surface area contributed by atoms with Crippen LogP contribution in [0, 0.1) is 6.92 Å². The Balaban J connectivity index is 1.73. The van der Waals surface area contributed by atoms with E-state index < -0.39 is 0 Å². The molecular formula is C17H23N3OS. The van der Waals surface area contributed by atoms with Gasteiger partial charge in [-0.05, 0) is 55.9 Å². The smallest absolute Gasteiger partial charge is 0.166 e. The highest BCUT2D eigenvalue weighted by Gasteiger charge is 2.04. The minimum Gasteiger partial charge on any atom is -0.467 e. The number of hydrogen-bond acceptors (Lipinski definition) is 3. The van der Waals surface area contributed by atoms with Crippen LogP contribution in [0.2, 0.25) is 0 Å². The molecule has 0 unspecified atom stereocenters. The Bertz CT molecular complexity index is 583. The van der Waals surface area contributed by atoms with Crippen molar-refractivity contribution in [2.24, 2.45) is 0 Å². The molecule has 0 atom stereocenters. The van der Waals surface area contributed by atoms with Crippen molar-refractivity contribution < 1.29 is 4.42 Å². The summed E-state index contributed by atoms with van der Waals surface area (Å²) in [6.07, 6.45) is 1.66. The number of hydrogen-bond donors (Lipinski definition) is 2. The van der Waals surface area contributed by atoms with Crippen LogP contribution in [0.5, 0.6) is 0 Å². The Labute approximate surface area is 137 Å². The Hall–Kier alpha value is -2.01. The van der Waals surface area contributed by atoms with Gasteiger partial charge in [0, 0.05) is 25.3 Å². The molecule has 0 aliphatic carbocycles. The SMILES string of the molecule is CCN(CCNC(=S)NCc1ccco1)c1cccc(C)c1. The number of nitrogens with one attached hydrogen (secondary N) is 2. The van der Waals surface area contributed by atoms with E-state index in [1.165, 1.54) is 11.3 Å². The van der Waals surface area contributed by atoms with Gasteiger partial charge in [0.25, 0.3) is 0 Å². The van der Waals surface area contributed by atoms with Crippen LogP contribution in [-0.4, -0.2) is 24.7 Å². The Morgan fingerprint density at radius 1 is 1.23 bits per heavy atom. The van der Waals surface area contributed by atoms with Crippen LogP contribution in [0.15, 0.2) is 47.1 Å². The van der Waals surface area contributed by atoms with Gasteiger partial charge in [-0.1, -0.05) is 12.1 Å². The average Bonchev–Trinajstić information content (AvgIpc) is 3.03. The van der Waals surface area contributed by atoms with Gasteiger partial charge in [0.05, 0.1) is 12.8 Å². The third-order valence-corrected chi connectivity index (χ3v) is 3.71. The fourth-order valence-corrected chi connectivity index (χ4v) is 2.42. The van der Waals surface area contributed by atoms with E-state index in [1.54, 1.807) is 6.26 Å². The molecule has 2 N–H and O–H groups in total. The van der Waals surface area contributed by atoms with Crippen LogP contribution in [0.4, 0.5) is 5.69 Å². The highest BCUT2D eigenvalue weighted by atomic mass is 32.1. The number of likely N-dealkylation sites (N-methyl/N-ethyl adjacent to an activating group) is 1. The van der Waals surface area contributed by atoms with Gasteiger partial charge >= 0.3 is 0 Å². The summed E-state index contributed by atoms with van der Waals surface area (Å²) in [5.41, 5.74) is 2.53. The highest BCUT2D eigenvalue weighted by Crippen LogP contribution is 2.14. The van der Waals surface area contributed by atoms with Crippen molar-refractivity contribution in [2.75, 3.05) is 24.5 Å². The number of nitrogens with zero attached hydrogens (tertiary/aromatic N) is 1. The maximum atomic E-state index is 5.27. The average molecular weight is 317 g/mol. The van der Waals surface area contributed by atoms with E-state index in [4.69, 9.17) is 16.6 Å². The summed E-state index contributed by atoms with van der Waals surface area (Å²) in [5.74, 6) is 0.874. The van der Waals surface area contributed by atoms with Gasteiger partial charge in [0.1, 0.15) is 5.76 Å². The van der Waals surface area contributed by atoms with Crippen LogP contribution in [0.1, 0.15) is 18.2 Å². The maximum absolute atomic E-state index is 5.27. The molecule has 1 aromatic carbocycles. The molecule has 1 heterocycles. The van der Waals surface area contributed by atoms with E-state index in [9.17, 15) is 0 Å². The van der Waals surface area contributed by atoms with E-state index in [2.05, 4.69) is 53.6 Å². The lowest BCUT2D eigenvalue weighted by molar-refractivity contribution is 0.502. The topological polar surface area (TPSA) is 40.4 Å². The molecule has 2 rings (SSSR count). The van der Waals surface area contributed by atoms with Gasteiger partial charge < -0.3 is 20.0 Å². The highest BCUT2D eigenvalue weighted by molar-refractivity contribution is 7.80. The molecule has 0 saturated carbocycles. The van der Waals surface area contributed by atoms with E-state index in [1.807, 2.05) is 12.1 Å². The molecule has 0 amide bonds. The fraction of sp³-hybridized carbons (Fsp3) is 0.353. The zero-order chi connectivity index (χ0) is 15.8. The number of anilines is 1. The standard InChI is InChI=1S/C17H23N3OS/c1-3-20(15-7-4-6-14(2)12-15)10-9-18-17(22)19-13-16-8-5-11-21-16/h4-8,11-12H,3,9-10,13H2,1-2H3,(H2,18,19,22). The second kappa shape index (κ2) is 8.44. The largest absolute Gasteiger partial charge is 0.467 e. The first-order valence-electron chi connectivity index (χ1n) is 7.54. The van der Waals surface area contributed by atoms with Crippen molar-refractivity contribution in [1.82, 2.24) is 10.6 Å². The first-order chi connectivity index (χ1) is 10.7. The molecule has 0 fully saturated rings. The van der Waals surface area contributed by atoms with Crippen molar-refractivity contribution >= 4 is 23.0 Å². The van der Waals surface area contributed by atoms with Gasteiger partial charge in [-0.25, -0.2) is 0 Å². The fourth-order valence-electron chi connectivity index (χ4n) is 2.24. The predicted octanol–water partition coefficient (Wildman–Crippen LogP) is 3.08. The number of thiocarbonyl (C=S) groups is 1. The molecule has 0 spiro atoms. The summed E-state index contributed by atoms with van der Waals surface area (Å²) in [7, 11) is 0. The zero-order valence-electron chi connectivity index (χ0n) is 13.1. The van der Waals surface area contributed by atoms with Crippen molar-refractivity contribution in [2.45, 2.75) is 20.4 Å². The Morgan fingerprint density at radius 3 is 2.77 bits per heavy atom. The first-order valence-corrected chi connectivity index (χ1v) is 7.95. The van der Waals surface area contributed by atoms with Gasteiger partial charge in [-0.15, -0.1) is 0 Å². The molecule has 118 valence electrons. The molecule has 0 aliphatic heterocycles. The van der Waals surface area contributed by atoms with E-state index in [0.717, 1.165) is 25.4 Å². The predicted molar refractivity (Wildman–Crippen MR) is 95.2 cm³/mol.